The van der Waals surface area contributed by atoms with E-state index in [9.17, 15) is 23.1 Å². The number of rotatable bonds is 8. The van der Waals surface area contributed by atoms with Gasteiger partial charge in [0, 0.05) is 31.9 Å². The van der Waals surface area contributed by atoms with Crippen molar-refractivity contribution in [2.45, 2.75) is 6.92 Å². The molecule has 0 aliphatic carbocycles. The number of carboxylic acids is 1. The number of aromatic carboxylic acids is 1. The molecule has 0 bridgehead atoms. The maximum absolute atomic E-state index is 12.3. The van der Waals surface area contributed by atoms with Gasteiger partial charge in [-0.25, -0.2) is 13.2 Å². The Labute approximate surface area is 192 Å². The zero-order valence-electron chi connectivity index (χ0n) is 17.5. The van der Waals surface area contributed by atoms with Gasteiger partial charge in [0.2, 0.25) is 15.9 Å². The summed E-state index contributed by atoms with van der Waals surface area (Å²) < 4.78 is 26.0. The van der Waals surface area contributed by atoms with Crippen LogP contribution in [0.5, 0.6) is 0 Å². The van der Waals surface area contributed by atoms with E-state index in [-0.39, 0.29) is 29.5 Å². The molecule has 1 fully saturated rings. The van der Waals surface area contributed by atoms with Gasteiger partial charge >= 0.3 is 5.97 Å². The van der Waals surface area contributed by atoms with Crippen LogP contribution in [-0.4, -0.2) is 68.8 Å². The number of anilines is 3. The minimum Gasteiger partial charge on any atom is -0.478 e. The van der Waals surface area contributed by atoms with Crippen LogP contribution >= 0.6 is 11.6 Å². The van der Waals surface area contributed by atoms with Gasteiger partial charge in [-0.1, -0.05) is 23.7 Å². The number of hydrogen-bond acceptors (Lipinski definition) is 6. The number of amides is 1. The second-order valence-corrected chi connectivity index (χ2v) is 9.75. The maximum atomic E-state index is 12.3. The number of carbonyl (C=O) groups is 2. The Kier molecular flexibility index (Phi) is 7.60. The van der Waals surface area contributed by atoms with Gasteiger partial charge in [-0.2, -0.15) is 0 Å². The van der Waals surface area contributed by atoms with Gasteiger partial charge in [-0.15, -0.1) is 0 Å². The summed E-state index contributed by atoms with van der Waals surface area (Å²) in [7, 11) is -3.59. The van der Waals surface area contributed by atoms with Crippen molar-refractivity contribution in [3.63, 3.8) is 0 Å². The van der Waals surface area contributed by atoms with Crippen molar-refractivity contribution < 1.29 is 23.1 Å². The van der Waals surface area contributed by atoms with Crippen molar-refractivity contribution in [2.75, 3.05) is 53.4 Å². The van der Waals surface area contributed by atoms with Crippen molar-refractivity contribution in [1.29, 1.82) is 0 Å². The molecular weight excluding hydrogens is 456 g/mol. The fourth-order valence-electron chi connectivity index (χ4n) is 3.35. The first kappa shape index (κ1) is 23.8. The summed E-state index contributed by atoms with van der Waals surface area (Å²) in [5.41, 5.74) is 1.18. The molecule has 9 nitrogen and oxygen atoms in total. The van der Waals surface area contributed by atoms with E-state index in [2.05, 4.69) is 10.0 Å². The Hall–Kier alpha value is -2.82. The standard InChI is InChI=1S/C21H25ClN4O5S/c1-2-32(30,31)24-18-8-7-15(13-16(18)21(28)29)26-11-9-25(10-12-26)14-20(27)23-19-6-4-3-5-17(19)22/h3-8,13,24H,2,9-12,14H2,1H3,(H,23,27)(H,28,29). The van der Waals surface area contributed by atoms with Crippen molar-refractivity contribution in [3.8, 4) is 0 Å². The predicted octanol–water partition coefficient (Wildman–Crippen LogP) is 2.56. The first-order valence-electron chi connectivity index (χ1n) is 10.1. The van der Waals surface area contributed by atoms with E-state index in [4.69, 9.17) is 11.6 Å². The molecule has 0 saturated carbocycles. The summed E-state index contributed by atoms with van der Waals surface area (Å²) in [6.45, 7) is 4.12. The lowest BCUT2D eigenvalue weighted by Gasteiger charge is -2.36. The van der Waals surface area contributed by atoms with E-state index in [0.29, 0.717) is 42.6 Å². The van der Waals surface area contributed by atoms with E-state index in [1.807, 2.05) is 9.80 Å². The Bertz CT molecular complexity index is 1100. The number of piperazine rings is 1. The summed E-state index contributed by atoms with van der Waals surface area (Å²) in [4.78, 5) is 28.0. The number of para-hydroxylation sites is 1. The molecule has 3 rings (SSSR count). The minimum atomic E-state index is -3.59. The third-order valence-corrected chi connectivity index (χ3v) is 6.75. The summed E-state index contributed by atoms with van der Waals surface area (Å²) in [6, 6.07) is 11.7. The molecule has 1 saturated heterocycles. The van der Waals surface area contributed by atoms with Gasteiger partial charge in [0.05, 0.1) is 34.3 Å². The largest absolute Gasteiger partial charge is 0.478 e. The molecule has 1 aliphatic heterocycles. The summed E-state index contributed by atoms with van der Waals surface area (Å²) >= 11 is 6.07. The smallest absolute Gasteiger partial charge is 0.337 e. The minimum absolute atomic E-state index is 0.0398. The average molecular weight is 481 g/mol. The second-order valence-electron chi connectivity index (χ2n) is 7.33. The second kappa shape index (κ2) is 10.2. The van der Waals surface area contributed by atoms with Crippen LogP contribution in [0.15, 0.2) is 42.5 Å². The van der Waals surface area contributed by atoms with Crippen LogP contribution in [0.1, 0.15) is 17.3 Å². The van der Waals surface area contributed by atoms with Crippen LogP contribution < -0.4 is 14.9 Å². The molecule has 2 aromatic rings. The van der Waals surface area contributed by atoms with Gasteiger partial charge in [0.15, 0.2) is 0 Å². The van der Waals surface area contributed by atoms with Gasteiger partial charge in [0.1, 0.15) is 0 Å². The van der Waals surface area contributed by atoms with E-state index >= 15 is 0 Å². The van der Waals surface area contributed by atoms with Crippen molar-refractivity contribution >= 4 is 50.6 Å². The summed E-state index contributed by atoms with van der Waals surface area (Å²) in [5.74, 6) is -1.53. The van der Waals surface area contributed by atoms with Crippen molar-refractivity contribution in [3.05, 3.63) is 53.1 Å². The molecule has 2 aromatic carbocycles. The van der Waals surface area contributed by atoms with Crippen molar-refractivity contribution in [2.24, 2.45) is 0 Å². The normalized spacial score (nSPS) is 14.8. The number of carboxylic acid groups (broad SMARTS) is 1. The van der Waals surface area contributed by atoms with Gasteiger partial charge < -0.3 is 15.3 Å². The van der Waals surface area contributed by atoms with Crippen LogP contribution in [0, 0.1) is 0 Å². The number of sulfonamides is 1. The highest BCUT2D eigenvalue weighted by Crippen LogP contribution is 2.26. The van der Waals surface area contributed by atoms with E-state index in [0.717, 1.165) is 0 Å². The van der Waals surface area contributed by atoms with Gasteiger partial charge in [-0.3, -0.25) is 14.4 Å². The fraction of sp³-hybridized carbons (Fsp3) is 0.333. The summed E-state index contributed by atoms with van der Waals surface area (Å²) in [5, 5.41) is 12.8. The Balaban J connectivity index is 1.61. The molecule has 1 heterocycles. The first-order chi connectivity index (χ1) is 15.2. The van der Waals surface area contributed by atoms with Crippen LogP contribution in [0.25, 0.3) is 0 Å². The number of halogens is 1. The number of hydrogen-bond donors (Lipinski definition) is 3. The molecular formula is C21H25ClN4O5S. The number of benzene rings is 2. The topological polar surface area (TPSA) is 119 Å². The number of nitrogens with zero attached hydrogens (tertiary/aromatic N) is 2. The molecule has 0 aromatic heterocycles. The Morgan fingerprint density at radius 2 is 1.75 bits per heavy atom. The molecule has 0 atom stereocenters. The van der Waals surface area contributed by atoms with Crippen LogP contribution in [0.4, 0.5) is 17.1 Å². The maximum Gasteiger partial charge on any atom is 0.337 e. The van der Waals surface area contributed by atoms with E-state index in [1.54, 1.807) is 30.3 Å². The molecule has 11 heteroatoms. The molecule has 1 aliphatic rings. The number of carbonyl (C=O) groups excluding carboxylic acids is 1. The lowest BCUT2D eigenvalue weighted by atomic mass is 10.1. The molecule has 0 unspecified atom stereocenters. The summed E-state index contributed by atoms with van der Waals surface area (Å²) in [6.07, 6.45) is 0. The first-order valence-corrected chi connectivity index (χ1v) is 12.1. The highest BCUT2D eigenvalue weighted by atomic mass is 35.5. The van der Waals surface area contributed by atoms with Crippen molar-refractivity contribution in [1.82, 2.24) is 4.90 Å². The molecule has 32 heavy (non-hydrogen) atoms. The molecule has 3 N–H and O–H groups in total. The monoisotopic (exact) mass is 480 g/mol. The lowest BCUT2D eigenvalue weighted by molar-refractivity contribution is -0.117. The van der Waals surface area contributed by atoms with Crippen LogP contribution in [0.3, 0.4) is 0 Å². The van der Waals surface area contributed by atoms with E-state index < -0.39 is 16.0 Å². The quantitative estimate of drug-likeness (QED) is 0.531. The Morgan fingerprint density at radius 1 is 1.06 bits per heavy atom. The SMILES string of the molecule is CCS(=O)(=O)Nc1ccc(N2CCN(CC(=O)Nc3ccccc3Cl)CC2)cc1C(=O)O. The fourth-order valence-corrected chi connectivity index (χ4v) is 4.19. The third kappa shape index (κ3) is 6.12. The van der Waals surface area contributed by atoms with Crippen LogP contribution in [0.2, 0.25) is 5.02 Å². The van der Waals surface area contributed by atoms with Crippen LogP contribution in [-0.2, 0) is 14.8 Å². The number of nitrogens with one attached hydrogen (secondary N) is 2. The molecule has 172 valence electrons. The van der Waals surface area contributed by atoms with Gasteiger partial charge in [-0.05, 0) is 37.3 Å². The van der Waals surface area contributed by atoms with Gasteiger partial charge in [0.25, 0.3) is 0 Å². The van der Waals surface area contributed by atoms with E-state index in [1.165, 1.54) is 19.1 Å². The lowest BCUT2D eigenvalue weighted by Crippen LogP contribution is -2.48. The third-order valence-electron chi connectivity index (χ3n) is 5.13. The molecule has 0 spiro atoms. The zero-order chi connectivity index (χ0) is 23.3. The average Bonchev–Trinajstić information content (AvgIpc) is 2.76. The predicted molar refractivity (Wildman–Crippen MR) is 125 cm³/mol. The Morgan fingerprint density at radius 3 is 2.38 bits per heavy atom. The molecule has 0 radical (unpaired) electrons. The zero-order valence-corrected chi connectivity index (χ0v) is 19.1. The highest BCUT2D eigenvalue weighted by Gasteiger charge is 2.22. The molecule has 1 amide bonds. The highest BCUT2D eigenvalue weighted by molar-refractivity contribution is 7.92.